The Kier molecular flexibility index (Phi) is 4.26. The number of benzene rings is 1. The van der Waals surface area contributed by atoms with Crippen molar-refractivity contribution in [3.8, 4) is 0 Å². The van der Waals surface area contributed by atoms with Crippen LogP contribution in [0.25, 0.3) is 11.2 Å². The molecule has 0 N–H and O–H groups in total. The van der Waals surface area contributed by atoms with Gasteiger partial charge in [0.05, 0.1) is 24.8 Å². The lowest BCUT2D eigenvalue weighted by Gasteiger charge is -2.28. The standard InChI is InChI=1S/C20H22N6O2/c1-5-11-25-19-21-17-16(26(19)14(3)13(2)22-25)18(27)24(20(28)23(17)4)12-15-9-7-6-8-10-15/h5-10,14H,1,11-12H2,2-4H3/t14-/m1/s1. The lowest BCUT2D eigenvalue weighted by atomic mass is 10.2. The van der Waals surface area contributed by atoms with Crippen LogP contribution in [0.5, 0.6) is 0 Å². The maximum atomic E-state index is 13.4. The zero-order chi connectivity index (χ0) is 20.0. The van der Waals surface area contributed by atoms with Crippen LogP contribution in [0.4, 0.5) is 5.95 Å². The predicted octanol–water partition coefficient (Wildman–Crippen LogP) is 1.89. The minimum Gasteiger partial charge on any atom is -0.294 e. The predicted molar refractivity (Wildman–Crippen MR) is 110 cm³/mol. The molecule has 0 unspecified atom stereocenters. The molecule has 1 atom stereocenters. The second kappa shape index (κ2) is 6.63. The van der Waals surface area contributed by atoms with Crippen LogP contribution in [-0.4, -0.2) is 30.9 Å². The fourth-order valence-electron chi connectivity index (χ4n) is 3.53. The molecule has 3 aromatic rings. The van der Waals surface area contributed by atoms with Crippen LogP contribution in [0.2, 0.25) is 0 Å². The van der Waals surface area contributed by atoms with Crippen molar-refractivity contribution in [2.75, 3.05) is 11.6 Å². The molecule has 2 aromatic heterocycles. The van der Waals surface area contributed by atoms with Gasteiger partial charge in [0.1, 0.15) is 0 Å². The third-order valence-electron chi connectivity index (χ3n) is 5.14. The van der Waals surface area contributed by atoms with E-state index in [4.69, 9.17) is 0 Å². The van der Waals surface area contributed by atoms with Gasteiger partial charge in [0, 0.05) is 7.05 Å². The van der Waals surface area contributed by atoms with Crippen LogP contribution >= 0.6 is 0 Å². The van der Waals surface area contributed by atoms with E-state index < -0.39 is 5.69 Å². The molecule has 1 aromatic carbocycles. The van der Waals surface area contributed by atoms with E-state index in [1.807, 2.05) is 48.7 Å². The summed E-state index contributed by atoms with van der Waals surface area (Å²) in [6.07, 6.45) is 1.73. The maximum absolute atomic E-state index is 13.4. The van der Waals surface area contributed by atoms with Crippen LogP contribution in [0.15, 0.2) is 57.7 Å². The molecule has 1 aliphatic rings. The van der Waals surface area contributed by atoms with Crippen LogP contribution in [0, 0.1) is 0 Å². The lowest BCUT2D eigenvalue weighted by Crippen LogP contribution is -2.40. The number of fused-ring (bicyclic) bond motifs is 3. The topological polar surface area (TPSA) is 77.4 Å². The summed E-state index contributed by atoms with van der Waals surface area (Å²) in [6, 6.07) is 9.33. The SMILES string of the molecule is C=CCN1N=C(C)[C@@H](C)n2c1nc1c2c(=O)n(Cc2ccccc2)c(=O)n1C. The molecule has 1 aliphatic heterocycles. The Morgan fingerprint density at radius 2 is 1.93 bits per heavy atom. The zero-order valence-corrected chi connectivity index (χ0v) is 16.2. The molecule has 28 heavy (non-hydrogen) atoms. The normalized spacial score (nSPS) is 16.2. The minimum atomic E-state index is -0.391. The van der Waals surface area contributed by atoms with Gasteiger partial charge in [-0.3, -0.25) is 18.5 Å². The molecule has 0 bridgehead atoms. The number of nitrogens with zero attached hydrogens (tertiary/aromatic N) is 6. The number of anilines is 1. The van der Waals surface area contributed by atoms with E-state index in [9.17, 15) is 9.59 Å². The monoisotopic (exact) mass is 378 g/mol. The van der Waals surface area contributed by atoms with E-state index in [2.05, 4.69) is 16.7 Å². The van der Waals surface area contributed by atoms with Gasteiger partial charge in [-0.05, 0) is 19.4 Å². The number of rotatable bonds is 4. The minimum absolute atomic E-state index is 0.142. The van der Waals surface area contributed by atoms with Gasteiger partial charge in [-0.1, -0.05) is 36.4 Å². The number of aromatic nitrogens is 4. The van der Waals surface area contributed by atoms with Crippen molar-refractivity contribution in [2.45, 2.75) is 26.4 Å². The van der Waals surface area contributed by atoms with E-state index in [1.165, 1.54) is 9.13 Å². The molecule has 3 heterocycles. The van der Waals surface area contributed by atoms with E-state index in [0.29, 0.717) is 23.7 Å². The average Bonchev–Trinajstić information content (AvgIpc) is 3.10. The Hall–Kier alpha value is -3.42. The number of hydrazone groups is 1. The molecule has 4 rings (SSSR count). The second-order valence-electron chi connectivity index (χ2n) is 6.96. The van der Waals surface area contributed by atoms with Gasteiger partial charge in [-0.15, -0.1) is 6.58 Å². The van der Waals surface area contributed by atoms with Crippen LogP contribution < -0.4 is 16.3 Å². The second-order valence-corrected chi connectivity index (χ2v) is 6.96. The van der Waals surface area contributed by atoms with Crippen molar-refractivity contribution >= 4 is 22.8 Å². The highest BCUT2D eigenvalue weighted by Gasteiger charge is 2.30. The first kappa shape index (κ1) is 18.0. The Balaban J connectivity index is 2.01. The van der Waals surface area contributed by atoms with E-state index in [-0.39, 0.29) is 18.1 Å². The van der Waals surface area contributed by atoms with E-state index in [0.717, 1.165) is 11.3 Å². The third kappa shape index (κ3) is 2.60. The quantitative estimate of drug-likeness (QED) is 0.650. The average molecular weight is 378 g/mol. The molecular weight excluding hydrogens is 356 g/mol. The Labute approximate surface area is 161 Å². The Morgan fingerprint density at radius 1 is 1.21 bits per heavy atom. The molecule has 0 radical (unpaired) electrons. The van der Waals surface area contributed by atoms with Gasteiger partial charge >= 0.3 is 5.69 Å². The Morgan fingerprint density at radius 3 is 2.61 bits per heavy atom. The van der Waals surface area contributed by atoms with Crippen molar-refractivity contribution < 1.29 is 0 Å². The highest BCUT2D eigenvalue weighted by molar-refractivity contribution is 5.91. The first-order chi connectivity index (χ1) is 13.4. The summed E-state index contributed by atoms with van der Waals surface area (Å²) in [5, 5.41) is 6.26. The molecular formula is C20H22N6O2. The molecule has 8 nitrogen and oxygen atoms in total. The highest BCUT2D eigenvalue weighted by Crippen LogP contribution is 2.29. The first-order valence-corrected chi connectivity index (χ1v) is 9.13. The third-order valence-corrected chi connectivity index (χ3v) is 5.14. The fraction of sp³-hybridized carbons (Fsp3) is 0.300. The summed E-state index contributed by atoms with van der Waals surface area (Å²) in [7, 11) is 1.64. The van der Waals surface area contributed by atoms with E-state index in [1.54, 1.807) is 18.1 Å². The summed E-state index contributed by atoms with van der Waals surface area (Å²) in [6.45, 7) is 8.32. The number of hydrogen-bond donors (Lipinski definition) is 0. The van der Waals surface area contributed by atoms with Gasteiger partial charge in [0.25, 0.3) is 5.56 Å². The van der Waals surface area contributed by atoms with Gasteiger partial charge < -0.3 is 0 Å². The van der Waals surface area contributed by atoms with Crippen LogP contribution in [0.1, 0.15) is 25.5 Å². The molecule has 8 heteroatoms. The van der Waals surface area contributed by atoms with Crippen molar-refractivity contribution in [3.63, 3.8) is 0 Å². The van der Waals surface area contributed by atoms with Gasteiger partial charge in [-0.2, -0.15) is 10.1 Å². The number of hydrogen-bond acceptors (Lipinski definition) is 5. The largest absolute Gasteiger partial charge is 0.332 e. The molecule has 0 spiro atoms. The first-order valence-electron chi connectivity index (χ1n) is 9.13. The van der Waals surface area contributed by atoms with Gasteiger partial charge in [-0.25, -0.2) is 9.80 Å². The van der Waals surface area contributed by atoms with E-state index >= 15 is 0 Å². The van der Waals surface area contributed by atoms with Gasteiger partial charge in [0.2, 0.25) is 5.95 Å². The summed E-state index contributed by atoms with van der Waals surface area (Å²) in [5.41, 5.74) is 1.78. The smallest absolute Gasteiger partial charge is 0.294 e. The van der Waals surface area contributed by atoms with Crippen molar-refractivity contribution in [2.24, 2.45) is 12.1 Å². The maximum Gasteiger partial charge on any atom is 0.332 e. The summed E-state index contributed by atoms with van der Waals surface area (Å²) in [5.74, 6) is 0.539. The van der Waals surface area contributed by atoms with Crippen molar-refractivity contribution in [1.82, 2.24) is 18.7 Å². The van der Waals surface area contributed by atoms with Crippen molar-refractivity contribution in [3.05, 3.63) is 69.4 Å². The number of aryl methyl sites for hydroxylation is 1. The zero-order valence-electron chi connectivity index (χ0n) is 16.2. The van der Waals surface area contributed by atoms with Gasteiger partial charge in [0.15, 0.2) is 11.2 Å². The number of imidazole rings is 1. The highest BCUT2D eigenvalue weighted by atomic mass is 16.2. The molecule has 144 valence electrons. The van der Waals surface area contributed by atoms with Crippen molar-refractivity contribution in [1.29, 1.82) is 0 Å². The summed E-state index contributed by atoms with van der Waals surface area (Å²) in [4.78, 5) is 30.8. The molecule has 0 fully saturated rings. The molecule has 0 saturated carbocycles. The Bertz CT molecular complexity index is 1220. The fourth-order valence-corrected chi connectivity index (χ4v) is 3.53. The summed E-state index contributed by atoms with van der Waals surface area (Å²) >= 11 is 0. The van der Waals surface area contributed by atoms with Crippen LogP contribution in [0.3, 0.4) is 0 Å². The molecule has 0 amide bonds. The lowest BCUT2D eigenvalue weighted by molar-refractivity contribution is 0.634. The molecule has 0 saturated heterocycles. The van der Waals surface area contributed by atoms with Crippen LogP contribution in [-0.2, 0) is 13.6 Å². The summed E-state index contributed by atoms with van der Waals surface area (Å²) < 4.78 is 4.56. The molecule has 0 aliphatic carbocycles.